The highest BCUT2D eigenvalue weighted by molar-refractivity contribution is 5.77. The van der Waals surface area contributed by atoms with E-state index in [2.05, 4.69) is 19.2 Å². The molecule has 0 bridgehead atoms. The third-order valence-electron chi connectivity index (χ3n) is 3.51. The average Bonchev–Trinajstić information content (AvgIpc) is 2.52. The molecule has 0 amide bonds. The summed E-state index contributed by atoms with van der Waals surface area (Å²) in [7, 11) is 1.45. The van der Waals surface area contributed by atoms with Gasteiger partial charge in [0.05, 0.1) is 7.11 Å². The predicted octanol–water partition coefficient (Wildman–Crippen LogP) is 0.403. The summed E-state index contributed by atoms with van der Waals surface area (Å²) in [6.07, 6.45) is 0. The number of hydrogen-bond donors (Lipinski definition) is 1. The summed E-state index contributed by atoms with van der Waals surface area (Å²) in [4.78, 5) is 11.3. The molecular weight excluding hydrogens is 154 g/mol. The molecule has 1 N–H and O–H groups in total. The number of carbonyl (C=O) groups is 1. The summed E-state index contributed by atoms with van der Waals surface area (Å²) in [5, 5.41) is 3.19. The summed E-state index contributed by atoms with van der Waals surface area (Å²) in [5.41, 5.74) is 0.351. The van der Waals surface area contributed by atoms with Crippen molar-refractivity contribution >= 4 is 5.97 Å². The van der Waals surface area contributed by atoms with Gasteiger partial charge in [0, 0.05) is 0 Å². The predicted molar refractivity (Wildman–Crippen MR) is 44.6 cm³/mol. The number of methoxy groups -OCH3 is 1. The van der Waals surface area contributed by atoms with Gasteiger partial charge in [0.2, 0.25) is 0 Å². The van der Waals surface area contributed by atoms with Crippen molar-refractivity contribution in [1.82, 2.24) is 5.32 Å². The molecule has 12 heavy (non-hydrogen) atoms. The third kappa shape index (κ3) is 0.829. The van der Waals surface area contributed by atoms with Gasteiger partial charge >= 0.3 is 5.97 Å². The van der Waals surface area contributed by atoms with Gasteiger partial charge in [0.1, 0.15) is 6.04 Å². The number of hydrogen-bond acceptors (Lipinski definition) is 3. The van der Waals surface area contributed by atoms with Crippen molar-refractivity contribution in [3.8, 4) is 0 Å². The van der Waals surface area contributed by atoms with Gasteiger partial charge in [0.25, 0.3) is 0 Å². The van der Waals surface area contributed by atoms with Crippen LogP contribution in [0.4, 0.5) is 0 Å². The maximum Gasteiger partial charge on any atom is 0.323 e. The molecule has 0 radical (unpaired) electrons. The molecule has 0 aromatic heterocycles. The van der Waals surface area contributed by atoms with Crippen molar-refractivity contribution in [3.63, 3.8) is 0 Å². The van der Waals surface area contributed by atoms with Crippen LogP contribution in [0.15, 0.2) is 0 Å². The lowest BCUT2D eigenvalue weighted by atomic mass is 10.0. The molecule has 2 fully saturated rings. The molecule has 2 rings (SSSR count). The van der Waals surface area contributed by atoms with E-state index < -0.39 is 0 Å². The largest absolute Gasteiger partial charge is 0.468 e. The zero-order valence-corrected chi connectivity index (χ0v) is 7.76. The Balaban J connectivity index is 2.08. The van der Waals surface area contributed by atoms with Crippen LogP contribution in [-0.4, -0.2) is 25.7 Å². The maximum atomic E-state index is 11.3. The highest BCUT2D eigenvalue weighted by Gasteiger charge is 2.66. The first-order valence-electron chi connectivity index (χ1n) is 4.40. The summed E-state index contributed by atoms with van der Waals surface area (Å²) >= 11 is 0. The van der Waals surface area contributed by atoms with E-state index in [1.54, 1.807) is 0 Å². The monoisotopic (exact) mass is 169 g/mol. The van der Waals surface area contributed by atoms with Gasteiger partial charge in [0.15, 0.2) is 0 Å². The first-order chi connectivity index (χ1) is 5.59. The molecule has 0 aromatic carbocycles. The number of ether oxygens (including phenoxy) is 1. The average molecular weight is 169 g/mol. The minimum Gasteiger partial charge on any atom is -0.468 e. The van der Waals surface area contributed by atoms with Crippen LogP contribution in [0.2, 0.25) is 0 Å². The zero-order chi connectivity index (χ0) is 8.93. The van der Waals surface area contributed by atoms with Gasteiger partial charge in [-0.05, 0) is 23.8 Å². The normalized spacial score (nSPS) is 42.1. The number of rotatable bonds is 1. The lowest BCUT2D eigenvalue weighted by molar-refractivity contribution is -0.143. The standard InChI is InChI=1S/C9H15NO2/c1-9(2)5-4-10-7(6(5)9)8(11)12-3/h5-7,10H,4H2,1-3H3/t5?,6-,7?/m0/s1. The summed E-state index contributed by atoms with van der Waals surface area (Å²) in [6.45, 7) is 5.41. The lowest BCUT2D eigenvalue weighted by Crippen LogP contribution is -2.38. The Morgan fingerprint density at radius 3 is 2.67 bits per heavy atom. The second kappa shape index (κ2) is 2.22. The zero-order valence-electron chi connectivity index (χ0n) is 7.76. The van der Waals surface area contributed by atoms with E-state index in [1.807, 2.05) is 0 Å². The van der Waals surface area contributed by atoms with Crippen LogP contribution >= 0.6 is 0 Å². The molecule has 3 atom stereocenters. The van der Waals surface area contributed by atoms with E-state index in [-0.39, 0.29) is 12.0 Å². The number of nitrogens with one attached hydrogen (secondary N) is 1. The van der Waals surface area contributed by atoms with Crippen LogP contribution in [0.3, 0.4) is 0 Å². The highest BCUT2D eigenvalue weighted by atomic mass is 16.5. The first kappa shape index (κ1) is 8.05. The Labute approximate surface area is 72.5 Å². The molecule has 1 aliphatic heterocycles. The summed E-state index contributed by atoms with van der Waals surface area (Å²) in [6, 6.07) is -0.0463. The second-order valence-corrected chi connectivity index (χ2v) is 4.36. The van der Waals surface area contributed by atoms with E-state index in [0.29, 0.717) is 17.3 Å². The molecule has 1 saturated heterocycles. The Morgan fingerprint density at radius 2 is 2.25 bits per heavy atom. The lowest BCUT2D eigenvalue weighted by Gasteiger charge is -2.16. The van der Waals surface area contributed by atoms with E-state index in [0.717, 1.165) is 6.54 Å². The van der Waals surface area contributed by atoms with Crippen molar-refractivity contribution in [1.29, 1.82) is 0 Å². The number of esters is 1. The second-order valence-electron chi connectivity index (χ2n) is 4.36. The molecule has 0 spiro atoms. The van der Waals surface area contributed by atoms with Crippen LogP contribution < -0.4 is 5.32 Å². The molecule has 1 aliphatic carbocycles. The molecule has 1 heterocycles. The van der Waals surface area contributed by atoms with Gasteiger partial charge in [-0.15, -0.1) is 0 Å². The van der Waals surface area contributed by atoms with Crippen LogP contribution in [0, 0.1) is 17.3 Å². The van der Waals surface area contributed by atoms with Gasteiger partial charge < -0.3 is 10.1 Å². The van der Waals surface area contributed by atoms with E-state index in [9.17, 15) is 4.79 Å². The molecule has 2 unspecified atom stereocenters. The topological polar surface area (TPSA) is 38.3 Å². The van der Waals surface area contributed by atoms with Crippen molar-refractivity contribution < 1.29 is 9.53 Å². The van der Waals surface area contributed by atoms with Gasteiger partial charge in [-0.3, -0.25) is 4.79 Å². The van der Waals surface area contributed by atoms with Gasteiger partial charge in [-0.25, -0.2) is 0 Å². The van der Waals surface area contributed by atoms with E-state index >= 15 is 0 Å². The Bertz CT molecular complexity index is 225. The van der Waals surface area contributed by atoms with Crippen LogP contribution in [0.1, 0.15) is 13.8 Å². The molecule has 2 aliphatic rings. The van der Waals surface area contributed by atoms with Gasteiger partial charge in [-0.1, -0.05) is 13.8 Å². The van der Waals surface area contributed by atoms with E-state index in [1.165, 1.54) is 7.11 Å². The Hall–Kier alpha value is -0.570. The quantitative estimate of drug-likeness (QED) is 0.577. The van der Waals surface area contributed by atoms with E-state index in [4.69, 9.17) is 4.74 Å². The van der Waals surface area contributed by atoms with Crippen LogP contribution in [0.25, 0.3) is 0 Å². The van der Waals surface area contributed by atoms with Crippen LogP contribution in [-0.2, 0) is 9.53 Å². The number of piperidine rings is 1. The van der Waals surface area contributed by atoms with Gasteiger partial charge in [-0.2, -0.15) is 0 Å². The minimum absolute atomic E-state index is 0.0463. The minimum atomic E-state index is -0.104. The third-order valence-corrected chi connectivity index (χ3v) is 3.51. The molecular formula is C9H15NO2. The molecule has 0 aromatic rings. The Kier molecular flexibility index (Phi) is 1.49. The number of fused-ring (bicyclic) bond motifs is 1. The van der Waals surface area contributed by atoms with Crippen LogP contribution in [0.5, 0.6) is 0 Å². The maximum absolute atomic E-state index is 11.3. The summed E-state index contributed by atoms with van der Waals surface area (Å²) in [5.74, 6) is 1.08. The first-order valence-corrected chi connectivity index (χ1v) is 4.40. The number of carbonyl (C=O) groups excluding carboxylic acids is 1. The highest BCUT2D eigenvalue weighted by Crippen LogP contribution is 2.62. The summed E-state index contributed by atoms with van der Waals surface area (Å²) < 4.78 is 4.72. The molecule has 3 heteroatoms. The molecule has 68 valence electrons. The SMILES string of the molecule is COC(=O)C1NCC2[C@@H]1C2(C)C. The molecule has 1 saturated carbocycles. The fraction of sp³-hybridized carbons (Fsp3) is 0.889. The van der Waals surface area contributed by atoms with Crippen molar-refractivity contribution in [2.75, 3.05) is 13.7 Å². The van der Waals surface area contributed by atoms with Crippen molar-refractivity contribution in [2.24, 2.45) is 17.3 Å². The fourth-order valence-corrected chi connectivity index (χ4v) is 2.58. The fourth-order valence-electron chi connectivity index (χ4n) is 2.58. The van der Waals surface area contributed by atoms with Crippen molar-refractivity contribution in [3.05, 3.63) is 0 Å². The smallest absolute Gasteiger partial charge is 0.323 e. The Morgan fingerprint density at radius 1 is 1.58 bits per heavy atom. The van der Waals surface area contributed by atoms with Crippen molar-refractivity contribution in [2.45, 2.75) is 19.9 Å². The molecule has 3 nitrogen and oxygen atoms in total.